The number of amides is 2. The first-order valence-corrected chi connectivity index (χ1v) is 12.7. The Labute approximate surface area is 186 Å². The second kappa shape index (κ2) is 10.3. The standard InChI is InChI=1S/C25H38N2O4/c28-21-11-5-1-3-8-18(14-21)24(30)26-16-20-10-7-13-27(23(20)17-26)25(31)19-9-4-2-6-12-22(29)15-19/h18-20,23H,1-17H2/t18?,19?,20-,23+/m0/s1. The molecular weight excluding hydrogens is 392 g/mol. The maximum Gasteiger partial charge on any atom is 0.226 e. The van der Waals surface area contributed by atoms with Gasteiger partial charge in [-0.2, -0.15) is 0 Å². The lowest BCUT2D eigenvalue weighted by Gasteiger charge is -2.39. The van der Waals surface area contributed by atoms with Gasteiger partial charge in [-0.05, 0) is 44.4 Å². The summed E-state index contributed by atoms with van der Waals surface area (Å²) < 4.78 is 0. The fourth-order valence-corrected chi connectivity index (χ4v) is 6.29. The molecule has 31 heavy (non-hydrogen) atoms. The number of hydrogen-bond acceptors (Lipinski definition) is 4. The van der Waals surface area contributed by atoms with Gasteiger partial charge in [0, 0.05) is 57.2 Å². The molecule has 2 aliphatic heterocycles. The van der Waals surface area contributed by atoms with Gasteiger partial charge in [-0.25, -0.2) is 0 Å². The molecular formula is C25H38N2O4. The highest BCUT2D eigenvalue weighted by Crippen LogP contribution is 2.35. The van der Waals surface area contributed by atoms with E-state index in [0.29, 0.717) is 44.7 Å². The minimum atomic E-state index is -0.181. The number of Topliss-reactive ketones (excluding diaryl/α,β-unsaturated/α-hetero) is 2. The highest BCUT2D eigenvalue weighted by atomic mass is 16.2. The van der Waals surface area contributed by atoms with Crippen LogP contribution in [0.3, 0.4) is 0 Å². The average Bonchev–Trinajstić information content (AvgIpc) is 3.16. The molecule has 2 unspecified atom stereocenters. The van der Waals surface area contributed by atoms with Crippen LogP contribution in [0.1, 0.15) is 89.9 Å². The van der Waals surface area contributed by atoms with E-state index >= 15 is 0 Å². The average molecular weight is 431 g/mol. The number of likely N-dealkylation sites (tertiary alicyclic amines) is 2. The van der Waals surface area contributed by atoms with Crippen LogP contribution in [-0.4, -0.2) is 58.9 Å². The number of piperidine rings is 1. The van der Waals surface area contributed by atoms with E-state index in [2.05, 4.69) is 0 Å². The van der Waals surface area contributed by atoms with Crippen LogP contribution in [0.15, 0.2) is 0 Å². The molecule has 2 saturated heterocycles. The Kier molecular flexibility index (Phi) is 7.44. The quantitative estimate of drug-likeness (QED) is 0.672. The van der Waals surface area contributed by atoms with Crippen LogP contribution in [0.25, 0.3) is 0 Å². The van der Waals surface area contributed by atoms with Gasteiger partial charge in [0.05, 0.1) is 6.04 Å². The summed E-state index contributed by atoms with van der Waals surface area (Å²) in [4.78, 5) is 55.1. The Bertz CT molecular complexity index is 706. The maximum absolute atomic E-state index is 13.4. The van der Waals surface area contributed by atoms with Gasteiger partial charge in [-0.15, -0.1) is 0 Å². The first-order valence-electron chi connectivity index (χ1n) is 12.7. The van der Waals surface area contributed by atoms with E-state index in [1.54, 1.807) is 0 Å². The van der Waals surface area contributed by atoms with Crippen LogP contribution in [0.5, 0.6) is 0 Å². The molecule has 6 nitrogen and oxygen atoms in total. The Balaban J connectivity index is 1.41. The van der Waals surface area contributed by atoms with Crippen molar-refractivity contribution in [3.63, 3.8) is 0 Å². The van der Waals surface area contributed by atoms with Crippen LogP contribution in [-0.2, 0) is 19.2 Å². The highest BCUT2D eigenvalue weighted by molar-refractivity contribution is 5.88. The lowest BCUT2D eigenvalue weighted by atomic mass is 9.86. The van der Waals surface area contributed by atoms with E-state index in [1.807, 2.05) is 9.80 Å². The molecule has 2 heterocycles. The molecule has 0 aromatic carbocycles. The largest absolute Gasteiger partial charge is 0.340 e. The first kappa shape index (κ1) is 22.5. The summed E-state index contributed by atoms with van der Waals surface area (Å²) in [5.74, 6) is 0.679. The van der Waals surface area contributed by atoms with E-state index in [9.17, 15) is 19.2 Å². The lowest BCUT2D eigenvalue weighted by molar-refractivity contribution is -0.143. The number of carbonyl (C=O) groups is 4. The third kappa shape index (κ3) is 5.38. The topological polar surface area (TPSA) is 74.8 Å². The van der Waals surface area contributed by atoms with Crippen LogP contribution in [0.2, 0.25) is 0 Å². The molecule has 2 aliphatic carbocycles. The number of ketones is 2. The first-order chi connectivity index (χ1) is 15.0. The zero-order valence-electron chi connectivity index (χ0n) is 18.9. The second-order valence-electron chi connectivity index (χ2n) is 10.3. The van der Waals surface area contributed by atoms with Gasteiger partial charge < -0.3 is 9.80 Å². The van der Waals surface area contributed by atoms with E-state index in [4.69, 9.17) is 0 Å². The molecule has 2 amide bonds. The monoisotopic (exact) mass is 430 g/mol. The molecule has 0 spiro atoms. The van der Waals surface area contributed by atoms with Crippen molar-refractivity contribution >= 4 is 23.4 Å². The lowest BCUT2D eigenvalue weighted by Crippen LogP contribution is -2.51. The van der Waals surface area contributed by atoms with Gasteiger partial charge in [0.15, 0.2) is 0 Å². The Morgan fingerprint density at radius 2 is 1.29 bits per heavy atom. The fourth-order valence-electron chi connectivity index (χ4n) is 6.29. The molecule has 4 atom stereocenters. The zero-order chi connectivity index (χ0) is 21.8. The van der Waals surface area contributed by atoms with Gasteiger partial charge in [0.25, 0.3) is 0 Å². The predicted molar refractivity (Wildman–Crippen MR) is 117 cm³/mol. The summed E-state index contributed by atoms with van der Waals surface area (Å²) >= 11 is 0. The van der Waals surface area contributed by atoms with Crippen LogP contribution in [0, 0.1) is 17.8 Å². The van der Waals surface area contributed by atoms with Crippen molar-refractivity contribution in [2.45, 2.75) is 95.9 Å². The Hall–Kier alpha value is -1.72. The summed E-state index contributed by atoms with van der Waals surface area (Å²) in [6.45, 7) is 2.05. The van der Waals surface area contributed by atoms with E-state index in [0.717, 1.165) is 70.8 Å². The van der Waals surface area contributed by atoms with E-state index in [-0.39, 0.29) is 41.3 Å². The number of fused-ring (bicyclic) bond motifs is 1. The third-order valence-electron chi connectivity index (χ3n) is 8.04. The molecule has 0 bridgehead atoms. The molecule has 6 heteroatoms. The number of carbonyl (C=O) groups excluding carboxylic acids is 4. The molecule has 4 rings (SSSR count). The van der Waals surface area contributed by atoms with E-state index in [1.165, 1.54) is 0 Å². The summed E-state index contributed by atoms with van der Waals surface area (Å²) in [7, 11) is 0. The molecule has 0 aromatic heterocycles. The number of rotatable bonds is 2. The van der Waals surface area contributed by atoms with Crippen molar-refractivity contribution in [1.82, 2.24) is 9.80 Å². The molecule has 2 saturated carbocycles. The van der Waals surface area contributed by atoms with Gasteiger partial charge in [0.1, 0.15) is 11.6 Å². The second-order valence-corrected chi connectivity index (χ2v) is 10.3. The minimum absolute atomic E-state index is 0.0787. The number of hydrogen-bond donors (Lipinski definition) is 0. The molecule has 4 aliphatic rings. The van der Waals surface area contributed by atoms with Crippen LogP contribution in [0.4, 0.5) is 0 Å². The fraction of sp³-hybridized carbons (Fsp3) is 0.840. The SMILES string of the molecule is O=C1CCCCCC(C(=O)N2C[C@@H]3CCCN(C(=O)C4CCCCCC(=O)C4)[C@@H]3C2)C1. The maximum atomic E-state index is 13.4. The molecule has 4 fully saturated rings. The van der Waals surface area contributed by atoms with Crippen LogP contribution >= 0.6 is 0 Å². The molecule has 0 aromatic rings. The van der Waals surface area contributed by atoms with Crippen molar-refractivity contribution in [1.29, 1.82) is 0 Å². The summed E-state index contributed by atoms with van der Waals surface area (Å²) in [5.41, 5.74) is 0. The van der Waals surface area contributed by atoms with Gasteiger partial charge in [0.2, 0.25) is 11.8 Å². The van der Waals surface area contributed by atoms with Crippen molar-refractivity contribution < 1.29 is 19.2 Å². The van der Waals surface area contributed by atoms with Gasteiger partial charge in [-0.1, -0.05) is 25.7 Å². The smallest absolute Gasteiger partial charge is 0.226 e. The predicted octanol–water partition coefficient (Wildman–Crippen LogP) is 3.51. The third-order valence-corrected chi connectivity index (χ3v) is 8.04. The van der Waals surface area contributed by atoms with Crippen molar-refractivity contribution in [2.24, 2.45) is 17.8 Å². The van der Waals surface area contributed by atoms with Gasteiger partial charge >= 0.3 is 0 Å². The molecule has 0 N–H and O–H groups in total. The molecule has 0 radical (unpaired) electrons. The highest BCUT2D eigenvalue weighted by Gasteiger charge is 2.45. The zero-order valence-corrected chi connectivity index (χ0v) is 18.9. The minimum Gasteiger partial charge on any atom is -0.340 e. The summed E-state index contributed by atoms with van der Waals surface area (Å²) in [5, 5.41) is 0. The Morgan fingerprint density at radius 3 is 1.94 bits per heavy atom. The van der Waals surface area contributed by atoms with Gasteiger partial charge in [-0.3, -0.25) is 19.2 Å². The van der Waals surface area contributed by atoms with Crippen molar-refractivity contribution in [3.8, 4) is 0 Å². The van der Waals surface area contributed by atoms with Crippen molar-refractivity contribution in [3.05, 3.63) is 0 Å². The van der Waals surface area contributed by atoms with Crippen LogP contribution < -0.4 is 0 Å². The Morgan fingerprint density at radius 1 is 0.677 bits per heavy atom. The summed E-state index contributed by atoms with van der Waals surface area (Å²) in [6, 6.07) is 0.0787. The van der Waals surface area contributed by atoms with Crippen molar-refractivity contribution in [2.75, 3.05) is 19.6 Å². The normalized spacial score (nSPS) is 33.2. The number of nitrogens with zero attached hydrogens (tertiary/aromatic N) is 2. The summed E-state index contributed by atoms with van der Waals surface area (Å²) in [6.07, 6.45) is 11.6. The molecule has 172 valence electrons. The van der Waals surface area contributed by atoms with E-state index < -0.39 is 0 Å².